The lowest BCUT2D eigenvalue weighted by Gasteiger charge is -2.42. The van der Waals surface area contributed by atoms with E-state index in [2.05, 4.69) is 30.5 Å². The minimum atomic E-state index is -4.06. The molecule has 54 heavy (non-hydrogen) atoms. The van der Waals surface area contributed by atoms with Crippen molar-refractivity contribution >= 4 is 44.7 Å². The summed E-state index contributed by atoms with van der Waals surface area (Å²) in [6.07, 6.45) is 9.58. The van der Waals surface area contributed by atoms with Crippen LogP contribution in [0.3, 0.4) is 0 Å². The second kappa shape index (κ2) is 14.2. The van der Waals surface area contributed by atoms with Crippen LogP contribution >= 0.6 is 0 Å². The normalized spacial score (nSPS) is 26.8. The smallest absolute Gasteiger partial charge is 0.290 e. The lowest BCUT2D eigenvalue weighted by atomic mass is 9.73. The van der Waals surface area contributed by atoms with Crippen LogP contribution in [0, 0.1) is 25.6 Å². The van der Waals surface area contributed by atoms with Gasteiger partial charge in [0.2, 0.25) is 33.5 Å². The summed E-state index contributed by atoms with van der Waals surface area (Å²) >= 11 is 0. The molecule has 2 fully saturated rings. The fraction of sp³-hybridized carbons (Fsp3) is 0.486. The molecule has 286 valence electrons. The second-order valence-electron chi connectivity index (χ2n) is 14.8. The van der Waals surface area contributed by atoms with Crippen LogP contribution in [0.15, 0.2) is 53.1 Å². The van der Waals surface area contributed by atoms with E-state index in [1.807, 2.05) is 6.08 Å². The van der Waals surface area contributed by atoms with Crippen LogP contribution in [0.1, 0.15) is 80.2 Å². The Kier molecular flexibility index (Phi) is 9.78. The van der Waals surface area contributed by atoms with Crippen LogP contribution in [0.5, 0.6) is 5.88 Å². The summed E-state index contributed by atoms with van der Waals surface area (Å²) < 4.78 is 53.6. The molecule has 2 aliphatic heterocycles. The molecule has 1 saturated heterocycles. The van der Waals surface area contributed by atoms with Gasteiger partial charge in [-0.1, -0.05) is 48.4 Å². The fourth-order valence-electron chi connectivity index (χ4n) is 7.03. The Morgan fingerprint density at radius 1 is 1.11 bits per heavy atom. The quantitative estimate of drug-likeness (QED) is 0.299. The number of hydrogen-bond donors (Lipinski definition) is 3. The number of halogens is 1. The Balaban J connectivity index is 1.22. The van der Waals surface area contributed by atoms with Crippen LogP contribution in [-0.2, 0) is 24.4 Å². The van der Waals surface area contributed by atoms with E-state index in [4.69, 9.17) is 9.26 Å². The summed E-state index contributed by atoms with van der Waals surface area (Å²) in [6, 6.07) is 3.52. The van der Waals surface area contributed by atoms with Gasteiger partial charge >= 0.3 is 0 Å². The Labute approximate surface area is 311 Å². The van der Waals surface area contributed by atoms with Crippen LogP contribution in [-0.4, -0.2) is 87.1 Å². The number of aryl methyl sites for hydroxylation is 2. The van der Waals surface area contributed by atoms with Crippen molar-refractivity contribution in [2.24, 2.45) is 5.92 Å². The number of aromatic nitrogens is 3. The minimum absolute atomic E-state index is 0.0102. The highest BCUT2D eigenvalue weighted by Gasteiger charge is 2.56. The molecular formula is C37H42FN7O8S. The second-order valence-corrected chi connectivity index (χ2v) is 17.0. The van der Waals surface area contributed by atoms with Crippen molar-refractivity contribution in [3.05, 3.63) is 71.5 Å². The van der Waals surface area contributed by atoms with Gasteiger partial charge in [-0.3, -0.25) is 23.9 Å². The van der Waals surface area contributed by atoms with Crippen LogP contribution in [0.4, 0.5) is 4.39 Å². The SMILES string of the molecule is Cc1cc(C(=O)NC2CCCCCC=CC3C=CC3(C(=O)NS(=O)(=O)C3(C)CC3)NC(=O)C3CC(Oc4nc5c(F)cccc5nc4C)CN3C2=O)on1. The van der Waals surface area contributed by atoms with Crippen molar-refractivity contribution in [2.45, 2.75) is 101 Å². The molecule has 5 unspecified atom stereocenters. The number of rotatable bonds is 7. The number of nitrogens with one attached hydrogen (secondary N) is 3. The third-order valence-electron chi connectivity index (χ3n) is 10.7. The first kappa shape index (κ1) is 37.1. The number of para-hydroxylation sites is 1. The first-order valence-electron chi connectivity index (χ1n) is 18.1. The fourth-order valence-corrected chi connectivity index (χ4v) is 8.33. The van der Waals surface area contributed by atoms with Crippen molar-refractivity contribution in [1.82, 2.24) is 35.4 Å². The first-order chi connectivity index (χ1) is 25.7. The molecule has 4 heterocycles. The number of amides is 4. The van der Waals surface area contributed by atoms with E-state index in [9.17, 15) is 32.0 Å². The van der Waals surface area contributed by atoms with Gasteiger partial charge in [0.25, 0.3) is 11.8 Å². The lowest BCUT2D eigenvalue weighted by Crippen LogP contribution is -2.67. The third kappa shape index (κ3) is 7.08. The number of nitrogens with zero attached hydrogens (tertiary/aromatic N) is 4. The van der Waals surface area contributed by atoms with Crippen molar-refractivity contribution in [2.75, 3.05) is 6.54 Å². The molecule has 4 amide bonds. The molecular weight excluding hydrogens is 722 g/mol. The van der Waals surface area contributed by atoms with E-state index in [1.54, 1.807) is 39.0 Å². The zero-order chi connectivity index (χ0) is 38.4. The molecule has 3 aromatic rings. The maximum Gasteiger partial charge on any atom is 0.290 e. The Bertz CT molecular complexity index is 2180. The predicted molar refractivity (Wildman–Crippen MR) is 192 cm³/mol. The monoisotopic (exact) mass is 763 g/mol. The van der Waals surface area contributed by atoms with Crippen molar-refractivity contribution in [1.29, 1.82) is 0 Å². The molecule has 1 aromatic carbocycles. The van der Waals surface area contributed by atoms with E-state index >= 15 is 0 Å². The highest BCUT2D eigenvalue weighted by atomic mass is 32.2. The molecule has 17 heteroatoms. The summed E-state index contributed by atoms with van der Waals surface area (Å²) in [5.41, 5.74) is -0.618. The van der Waals surface area contributed by atoms with E-state index in [1.165, 1.54) is 29.2 Å². The van der Waals surface area contributed by atoms with Crippen LogP contribution in [0.25, 0.3) is 11.0 Å². The van der Waals surface area contributed by atoms with Gasteiger partial charge in [-0.2, -0.15) is 0 Å². The number of fused-ring (bicyclic) bond motifs is 3. The lowest BCUT2D eigenvalue weighted by molar-refractivity contribution is -0.142. The molecule has 15 nitrogen and oxygen atoms in total. The summed E-state index contributed by atoms with van der Waals surface area (Å²) in [7, 11) is -4.06. The number of allylic oxidation sites excluding steroid dienone is 1. The minimum Gasteiger partial charge on any atom is -0.471 e. The van der Waals surface area contributed by atoms with Gasteiger partial charge in [-0.15, -0.1) is 0 Å². The number of hydrogen-bond acceptors (Lipinski definition) is 11. The highest BCUT2D eigenvalue weighted by Crippen LogP contribution is 2.43. The van der Waals surface area contributed by atoms with Crippen LogP contribution in [0.2, 0.25) is 0 Å². The summed E-state index contributed by atoms with van der Waals surface area (Å²) in [5.74, 6) is -4.22. The largest absolute Gasteiger partial charge is 0.471 e. The van der Waals surface area contributed by atoms with Gasteiger partial charge < -0.3 is 24.8 Å². The molecule has 1 saturated carbocycles. The highest BCUT2D eigenvalue weighted by molar-refractivity contribution is 7.91. The Hall–Kier alpha value is -5.19. The zero-order valence-electron chi connectivity index (χ0n) is 30.1. The van der Waals surface area contributed by atoms with Gasteiger partial charge in [0.1, 0.15) is 34.9 Å². The van der Waals surface area contributed by atoms with E-state index in [0.29, 0.717) is 49.0 Å². The standard InChI is InChI=1S/C37H42FN7O8S/c1-21-18-29(53-43-21)32(47)40-27-12-8-6-4-5-7-10-23-14-15-37(23,35(49)44-54(50,51)36(3)16-17-36)42-31(46)28-19-24(20-45(28)34(27)48)52-33-22(2)39-26-13-9-11-25(38)30(26)41-33/h7,9-11,13-15,18,23-24,27-28H,4-6,8,12,16-17,19-20H2,1-3H3,(H,40,47)(H,42,46)(H,44,49). The number of carbonyl (C=O) groups is 4. The molecule has 2 aromatic heterocycles. The first-order valence-corrected chi connectivity index (χ1v) is 19.6. The average molecular weight is 764 g/mol. The molecule has 2 aliphatic carbocycles. The van der Waals surface area contributed by atoms with Crippen molar-refractivity contribution in [3.8, 4) is 5.88 Å². The summed E-state index contributed by atoms with van der Waals surface area (Å²) in [5, 5.41) is 9.33. The topological polar surface area (TPSA) is 203 Å². The molecule has 3 N–H and O–H groups in total. The Morgan fingerprint density at radius 3 is 2.61 bits per heavy atom. The number of sulfonamides is 1. The van der Waals surface area contributed by atoms with Gasteiger partial charge in [-0.05, 0) is 65.0 Å². The maximum absolute atomic E-state index is 14.7. The zero-order valence-corrected chi connectivity index (χ0v) is 30.9. The number of ether oxygens (including phenoxy) is 1. The molecule has 0 bridgehead atoms. The predicted octanol–water partition coefficient (Wildman–Crippen LogP) is 3.08. The number of benzene rings is 1. The summed E-state index contributed by atoms with van der Waals surface area (Å²) in [4.78, 5) is 66.2. The van der Waals surface area contributed by atoms with Gasteiger partial charge in [0.15, 0.2) is 5.82 Å². The molecule has 0 radical (unpaired) electrons. The Morgan fingerprint density at radius 2 is 1.91 bits per heavy atom. The van der Waals surface area contributed by atoms with Crippen molar-refractivity contribution < 1.29 is 41.2 Å². The number of carbonyl (C=O) groups excluding carboxylic acids is 4. The third-order valence-corrected chi connectivity index (χ3v) is 12.9. The molecule has 4 aliphatic rings. The van der Waals surface area contributed by atoms with Gasteiger partial charge in [0, 0.05) is 18.4 Å². The van der Waals surface area contributed by atoms with Gasteiger partial charge in [0.05, 0.1) is 22.5 Å². The maximum atomic E-state index is 14.7. The van der Waals surface area contributed by atoms with Gasteiger partial charge in [-0.25, -0.2) is 22.8 Å². The van der Waals surface area contributed by atoms with Crippen LogP contribution < -0.4 is 20.1 Å². The van der Waals surface area contributed by atoms with Crippen molar-refractivity contribution in [3.63, 3.8) is 0 Å². The summed E-state index contributed by atoms with van der Waals surface area (Å²) in [6.45, 7) is 4.72. The average Bonchev–Trinajstić information content (AvgIpc) is 3.52. The van der Waals surface area contributed by atoms with E-state index in [0.717, 1.165) is 6.42 Å². The van der Waals surface area contributed by atoms with E-state index in [-0.39, 0.29) is 36.5 Å². The molecule has 5 atom stereocenters. The van der Waals surface area contributed by atoms with E-state index < -0.39 is 73.9 Å². The molecule has 0 spiro atoms. The molecule has 7 rings (SSSR count).